The fourth-order valence-electron chi connectivity index (χ4n) is 1.48. The van der Waals surface area contributed by atoms with Crippen molar-refractivity contribution < 1.29 is 19.4 Å². The van der Waals surface area contributed by atoms with Gasteiger partial charge in [-0.3, -0.25) is 9.78 Å². The van der Waals surface area contributed by atoms with Crippen molar-refractivity contribution >= 4 is 11.9 Å². The number of unbranched alkanes of at least 4 members (excludes halogenated alkanes) is 1. The van der Waals surface area contributed by atoms with Gasteiger partial charge in [0.2, 0.25) is 0 Å². The van der Waals surface area contributed by atoms with E-state index in [0.717, 1.165) is 12.8 Å². The Balaban J connectivity index is 2.38. The van der Waals surface area contributed by atoms with Gasteiger partial charge in [0.05, 0.1) is 6.20 Å². The molecular formula is C13H18N2O4. The summed E-state index contributed by atoms with van der Waals surface area (Å²) in [5.74, 6) is -1.01. The fraction of sp³-hybridized carbons (Fsp3) is 0.462. The molecule has 0 saturated carbocycles. The van der Waals surface area contributed by atoms with Gasteiger partial charge >= 0.3 is 5.97 Å². The van der Waals surface area contributed by atoms with Crippen molar-refractivity contribution in [3.05, 3.63) is 24.5 Å². The standard InChI is InChI=1S/C13H18N2O4/c1-2-3-6-11(13(17)18)15-12(16)9-19-10-5-4-7-14-8-10/h4-5,7-8,11H,2-3,6,9H2,1H3,(H,15,16)(H,17,18)/t11-/m0/s1. The first-order chi connectivity index (χ1) is 9.13. The second-order valence-corrected chi connectivity index (χ2v) is 4.08. The highest BCUT2D eigenvalue weighted by molar-refractivity contribution is 5.84. The number of carbonyl (C=O) groups excluding carboxylic acids is 1. The second-order valence-electron chi connectivity index (χ2n) is 4.08. The van der Waals surface area contributed by atoms with E-state index in [0.29, 0.717) is 12.2 Å². The van der Waals surface area contributed by atoms with Gasteiger partial charge in [0, 0.05) is 6.20 Å². The minimum atomic E-state index is -1.02. The maximum atomic E-state index is 11.6. The molecule has 1 amide bonds. The molecule has 1 atom stereocenters. The first-order valence-electron chi connectivity index (χ1n) is 6.18. The number of pyridine rings is 1. The third-order valence-electron chi connectivity index (χ3n) is 2.48. The van der Waals surface area contributed by atoms with Crippen molar-refractivity contribution in [3.63, 3.8) is 0 Å². The van der Waals surface area contributed by atoms with Crippen LogP contribution in [0.1, 0.15) is 26.2 Å². The molecule has 1 aromatic rings. The van der Waals surface area contributed by atoms with Crippen LogP contribution in [0.5, 0.6) is 5.75 Å². The number of hydrogen-bond acceptors (Lipinski definition) is 4. The Morgan fingerprint density at radius 1 is 1.53 bits per heavy atom. The molecule has 0 spiro atoms. The minimum absolute atomic E-state index is 0.221. The maximum absolute atomic E-state index is 11.6. The highest BCUT2D eigenvalue weighted by Gasteiger charge is 2.19. The van der Waals surface area contributed by atoms with Crippen LogP contribution in [-0.2, 0) is 9.59 Å². The molecule has 0 saturated heterocycles. The molecule has 0 aliphatic carbocycles. The summed E-state index contributed by atoms with van der Waals surface area (Å²) in [6.45, 7) is 1.74. The highest BCUT2D eigenvalue weighted by Crippen LogP contribution is 2.06. The SMILES string of the molecule is CCCC[C@H](NC(=O)COc1cccnc1)C(=O)O. The molecule has 2 N–H and O–H groups in total. The molecule has 19 heavy (non-hydrogen) atoms. The van der Waals surface area contributed by atoms with Crippen LogP contribution in [-0.4, -0.2) is 34.6 Å². The predicted molar refractivity (Wildman–Crippen MR) is 68.8 cm³/mol. The Labute approximate surface area is 111 Å². The molecule has 0 fully saturated rings. The molecule has 0 aliphatic heterocycles. The molecule has 104 valence electrons. The maximum Gasteiger partial charge on any atom is 0.326 e. The van der Waals surface area contributed by atoms with Gasteiger partial charge in [0.25, 0.3) is 5.91 Å². The van der Waals surface area contributed by atoms with Crippen LogP contribution in [0.25, 0.3) is 0 Å². The van der Waals surface area contributed by atoms with E-state index in [2.05, 4.69) is 10.3 Å². The monoisotopic (exact) mass is 266 g/mol. The van der Waals surface area contributed by atoms with Gasteiger partial charge in [-0.15, -0.1) is 0 Å². The normalized spacial score (nSPS) is 11.6. The fourth-order valence-corrected chi connectivity index (χ4v) is 1.48. The van der Waals surface area contributed by atoms with Crippen LogP contribution in [0, 0.1) is 0 Å². The summed E-state index contributed by atoms with van der Waals surface area (Å²) in [6.07, 6.45) is 5.13. The molecule has 0 radical (unpaired) electrons. The summed E-state index contributed by atoms with van der Waals surface area (Å²) in [6, 6.07) is 2.51. The van der Waals surface area contributed by atoms with Crippen molar-refractivity contribution in [2.24, 2.45) is 0 Å². The highest BCUT2D eigenvalue weighted by atomic mass is 16.5. The summed E-state index contributed by atoms with van der Waals surface area (Å²) >= 11 is 0. The number of aromatic nitrogens is 1. The first-order valence-corrected chi connectivity index (χ1v) is 6.18. The van der Waals surface area contributed by atoms with Crippen molar-refractivity contribution in [3.8, 4) is 5.75 Å². The van der Waals surface area contributed by atoms with E-state index in [4.69, 9.17) is 9.84 Å². The molecular weight excluding hydrogens is 248 g/mol. The van der Waals surface area contributed by atoms with Gasteiger partial charge in [-0.1, -0.05) is 19.8 Å². The van der Waals surface area contributed by atoms with Gasteiger partial charge in [0.1, 0.15) is 11.8 Å². The zero-order valence-electron chi connectivity index (χ0n) is 10.8. The van der Waals surface area contributed by atoms with Gasteiger partial charge in [-0.2, -0.15) is 0 Å². The number of carbonyl (C=O) groups is 2. The van der Waals surface area contributed by atoms with Crippen LogP contribution in [0.4, 0.5) is 0 Å². The molecule has 0 bridgehead atoms. The molecule has 6 nitrogen and oxygen atoms in total. The molecule has 0 aliphatic rings. The summed E-state index contributed by atoms with van der Waals surface area (Å²) in [5, 5.41) is 11.4. The summed E-state index contributed by atoms with van der Waals surface area (Å²) in [7, 11) is 0. The number of nitrogens with one attached hydrogen (secondary N) is 1. The number of hydrogen-bond donors (Lipinski definition) is 2. The molecule has 1 aromatic heterocycles. The van der Waals surface area contributed by atoms with Crippen LogP contribution in [0.2, 0.25) is 0 Å². The molecule has 0 aromatic carbocycles. The number of carboxylic acid groups (broad SMARTS) is 1. The third-order valence-corrected chi connectivity index (χ3v) is 2.48. The summed E-state index contributed by atoms with van der Waals surface area (Å²) in [5.41, 5.74) is 0. The van der Waals surface area contributed by atoms with Crippen LogP contribution in [0.3, 0.4) is 0 Å². The van der Waals surface area contributed by atoms with Crippen molar-refractivity contribution in [1.29, 1.82) is 0 Å². The lowest BCUT2D eigenvalue weighted by molar-refractivity contribution is -0.142. The average Bonchev–Trinajstić information content (AvgIpc) is 2.42. The predicted octanol–water partition coefficient (Wildman–Crippen LogP) is 1.22. The average molecular weight is 266 g/mol. The Bertz CT molecular complexity index is 408. The Kier molecular flexibility index (Phi) is 6.35. The Morgan fingerprint density at radius 3 is 2.89 bits per heavy atom. The van der Waals surface area contributed by atoms with E-state index in [1.807, 2.05) is 6.92 Å². The van der Waals surface area contributed by atoms with Crippen LogP contribution in [0.15, 0.2) is 24.5 Å². The first kappa shape index (κ1) is 14.9. The zero-order chi connectivity index (χ0) is 14.1. The summed E-state index contributed by atoms with van der Waals surface area (Å²) in [4.78, 5) is 26.4. The van der Waals surface area contributed by atoms with E-state index in [-0.39, 0.29) is 6.61 Å². The number of aliphatic carboxylic acids is 1. The van der Waals surface area contributed by atoms with E-state index >= 15 is 0 Å². The minimum Gasteiger partial charge on any atom is -0.482 e. The molecule has 1 rings (SSSR count). The zero-order valence-corrected chi connectivity index (χ0v) is 10.8. The molecule has 0 unspecified atom stereocenters. The van der Waals surface area contributed by atoms with Gasteiger partial charge in [0.15, 0.2) is 6.61 Å². The van der Waals surface area contributed by atoms with Crippen molar-refractivity contribution in [2.45, 2.75) is 32.2 Å². The number of carboxylic acids is 1. The van der Waals surface area contributed by atoms with E-state index in [9.17, 15) is 9.59 Å². The summed E-state index contributed by atoms with van der Waals surface area (Å²) < 4.78 is 5.19. The van der Waals surface area contributed by atoms with Gasteiger partial charge in [-0.05, 0) is 18.6 Å². The number of nitrogens with zero attached hydrogens (tertiary/aromatic N) is 1. The van der Waals surface area contributed by atoms with Crippen molar-refractivity contribution in [1.82, 2.24) is 10.3 Å². The van der Waals surface area contributed by atoms with Gasteiger partial charge in [-0.25, -0.2) is 4.79 Å². The van der Waals surface area contributed by atoms with Gasteiger partial charge < -0.3 is 15.2 Å². The van der Waals surface area contributed by atoms with Crippen LogP contribution < -0.4 is 10.1 Å². The lowest BCUT2D eigenvalue weighted by Gasteiger charge is -2.14. The van der Waals surface area contributed by atoms with E-state index in [1.165, 1.54) is 6.20 Å². The van der Waals surface area contributed by atoms with Crippen LogP contribution >= 0.6 is 0 Å². The largest absolute Gasteiger partial charge is 0.482 e. The van der Waals surface area contributed by atoms with Crippen molar-refractivity contribution in [2.75, 3.05) is 6.61 Å². The number of ether oxygens (including phenoxy) is 1. The second kappa shape index (κ2) is 8.07. The molecule has 1 heterocycles. The van der Waals surface area contributed by atoms with E-state index < -0.39 is 17.9 Å². The number of rotatable bonds is 8. The Hall–Kier alpha value is -2.11. The Morgan fingerprint density at radius 2 is 2.32 bits per heavy atom. The smallest absolute Gasteiger partial charge is 0.326 e. The quantitative estimate of drug-likeness (QED) is 0.738. The topological polar surface area (TPSA) is 88.5 Å². The lowest BCUT2D eigenvalue weighted by atomic mass is 10.1. The van der Waals surface area contributed by atoms with E-state index in [1.54, 1.807) is 18.3 Å². The number of amides is 1. The lowest BCUT2D eigenvalue weighted by Crippen LogP contribution is -2.42. The third kappa shape index (κ3) is 5.85. The molecule has 6 heteroatoms.